The number of aryl methyl sites for hydroxylation is 1. The molecule has 0 atom stereocenters. The molecule has 0 spiro atoms. The molecule has 316 valence electrons. The Labute approximate surface area is 350 Å². The summed E-state index contributed by atoms with van der Waals surface area (Å²) >= 11 is 0. The first-order chi connectivity index (χ1) is 26.3. The van der Waals surface area contributed by atoms with Crippen molar-refractivity contribution in [2.45, 2.75) is 149 Å². The molecule has 0 aliphatic heterocycles. The molecule has 0 aliphatic carbocycles. The Morgan fingerprint density at radius 1 is 0.667 bits per heavy atom. The number of hydrogen-bond acceptors (Lipinski definition) is 6. The quantitative estimate of drug-likeness (QED) is 0.0519. The standard InChI is InChI=1S/C48H76O6Si3/c1-35(2)57(36(3)4,37(5)6)54-44-27-28-45(38(7)32-44)53-46(49)29-20-39-18-21-41(22-19-39)42-23-25-43(26-24-42)50-31-30-40(33-51-55(14,15)47(8,9)10)34-52-56(16,17)48(11,12)13/h18-29,32,35-37,40H,30-31,33-34H2,1-17H3/b29-20+. The minimum Gasteiger partial charge on any atom is -0.543 e. The predicted octanol–water partition coefficient (Wildman–Crippen LogP) is 14.3. The van der Waals surface area contributed by atoms with Crippen LogP contribution in [0.2, 0.25) is 52.9 Å². The summed E-state index contributed by atoms with van der Waals surface area (Å²) < 4.78 is 32.1. The van der Waals surface area contributed by atoms with Crippen molar-refractivity contribution >= 4 is 37.0 Å². The first kappa shape index (κ1) is 48.4. The van der Waals surface area contributed by atoms with Crippen molar-refractivity contribution in [2.24, 2.45) is 5.92 Å². The summed E-state index contributed by atoms with van der Waals surface area (Å²) in [6.07, 6.45) is 4.13. The van der Waals surface area contributed by atoms with Crippen molar-refractivity contribution in [1.29, 1.82) is 0 Å². The Kier molecular flexibility index (Phi) is 16.9. The van der Waals surface area contributed by atoms with Crippen LogP contribution in [-0.4, -0.2) is 50.7 Å². The topological polar surface area (TPSA) is 63.2 Å². The minimum absolute atomic E-state index is 0.161. The van der Waals surface area contributed by atoms with Gasteiger partial charge in [0.05, 0.1) is 6.61 Å². The van der Waals surface area contributed by atoms with Gasteiger partial charge in [-0.25, -0.2) is 4.79 Å². The van der Waals surface area contributed by atoms with E-state index in [1.54, 1.807) is 6.08 Å². The zero-order valence-corrected chi connectivity index (χ0v) is 41.6. The maximum absolute atomic E-state index is 12.8. The van der Waals surface area contributed by atoms with E-state index in [0.717, 1.165) is 40.2 Å². The molecule has 3 aromatic carbocycles. The van der Waals surface area contributed by atoms with Crippen molar-refractivity contribution in [3.05, 3.63) is 83.9 Å². The third-order valence-corrected chi connectivity index (χ3v) is 27.6. The van der Waals surface area contributed by atoms with Crippen LogP contribution in [0.25, 0.3) is 17.2 Å². The fourth-order valence-electron chi connectivity index (χ4n) is 6.84. The highest BCUT2D eigenvalue weighted by molar-refractivity contribution is 6.78. The number of benzene rings is 3. The number of carbonyl (C=O) groups is 1. The second kappa shape index (κ2) is 19.9. The number of carbonyl (C=O) groups excluding carboxylic acids is 1. The molecule has 3 rings (SSSR count). The van der Waals surface area contributed by atoms with Gasteiger partial charge in [0.2, 0.25) is 0 Å². The maximum Gasteiger partial charge on any atom is 0.336 e. The van der Waals surface area contributed by atoms with Crippen LogP contribution in [0.5, 0.6) is 17.2 Å². The number of rotatable bonds is 19. The lowest BCUT2D eigenvalue weighted by Crippen LogP contribution is -2.50. The Morgan fingerprint density at radius 2 is 1.12 bits per heavy atom. The second-order valence-corrected chi connectivity index (χ2v) is 34.9. The molecule has 0 bridgehead atoms. The highest BCUT2D eigenvalue weighted by atomic mass is 28.4. The van der Waals surface area contributed by atoms with E-state index >= 15 is 0 Å². The van der Waals surface area contributed by atoms with Crippen LogP contribution in [-0.2, 0) is 13.6 Å². The van der Waals surface area contributed by atoms with E-state index in [2.05, 4.69) is 134 Å². The van der Waals surface area contributed by atoms with E-state index < -0.39 is 30.9 Å². The van der Waals surface area contributed by atoms with Gasteiger partial charge in [0.25, 0.3) is 8.32 Å². The molecule has 0 amide bonds. The van der Waals surface area contributed by atoms with Crippen molar-refractivity contribution in [3.8, 4) is 28.4 Å². The van der Waals surface area contributed by atoms with Crippen LogP contribution in [0.1, 0.15) is 101 Å². The minimum atomic E-state index is -2.08. The molecule has 0 aromatic heterocycles. The molecule has 57 heavy (non-hydrogen) atoms. The molecular weight excluding hydrogens is 757 g/mol. The van der Waals surface area contributed by atoms with Crippen molar-refractivity contribution < 1.29 is 27.5 Å². The summed E-state index contributed by atoms with van der Waals surface area (Å²) in [4.78, 5) is 12.8. The first-order valence-electron chi connectivity index (χ1n) is 21.1. The lowest BCUT2D eigenvalue weighted by atomic mass is 10.0. The Balaban J connectivity index is 1.58. The van der Waals surface area contributed by atoms with Gasteiger partial charge in [-0.05, 0) is 125 Å². The van der Waals surface area contributed by atoms with Crippen LogP contribution in [0.4, 0.5) is 0 Å². The predicted molar refractivity (Wildman–Crippen MR) is 249 cm³/mol. The van der Waals surface area contributed by atoms with Gasteiger partial charge < -0.3 is 22.8 Å². The molecule has 0 heterocycles. The van der Waals surface area contributed by atoms with Crippen LogP contribution in [0.3, 0.4) is 0 Å². The van der Waals surface area contributed by atoms with E-state index in [9.17, 15) is 4.79 Å². The van der Waals surface area contributed by atoms with Gasteiger partial charge in [0.1, 0.15) is 17.2 Å². The summed E-state index contributed by atoms with van der Waals surface area (Å²) in [5, 5.41) is 0.323. The SMILES string of the molecule is Cc1cc(O[Si](C(C)C)(C(C)C)C(C)C)ccc1OC(=O)/C=C/c1ccc(-c2ccc(OCCC(CO[Si](C)(C)C(C)(C)C)CO[Si](C)(C)C(C)(C)C)cc2)cc1. The van der Waals surface area contributed by atoms with E-state index in [1.165, 1.54) is 6.08 Å². The second-order valence-electron chi connectivity index (χ2n) is 19.9. The lowest BCUT2D eigenvalue weighted by Gasteiger charge is -2.42. The lowest BCUT2D eigenvalue weighted by molar-refractivity contribution is -0.128. The van der Waals surface area contributed by atoms with Crippen molar-refractivity contribution in [1.82, 2.24) is 0 Å². The average Bonchev–Trinajstić information content (AvgIpc) is 3.10. The number of ether oxygens (including phenoxy) is 2. The van der Waals surface area contributed by atoms with Gasteiger partial charge in [-0.15, -0.1) is 0 Å². The summed E-state index contributed by atoms with van der Waals surface area (Å²) in [5.74, 6) is 2.09. The fourth-order valence-corrected chi connectivity index (χ4v) is 14.3. The smallest absolute Gasteiger partial charge is 0.336 e. The molecule has 0 radical (unpaired) electrons. The zero-order chi connectivity index (χ0) is 43.0. The molecule has 0 saturated heterocycles. The Hall–Kier alpha value is -2.96. The van der Waals surface area contributed by atoms with Gasteiger partial charge >= 0.3 is 5.97 Å². The molecule has 0 aliphatic rings. The third kappa shape index (κ3) is 13.3. The van der Waals surface area contributed by atoms with Crippen LogP contribution in [0.15, 0.2) is 72.8 Å². The van der Waals surface area contributed by atoms with Crippen LogP contribution < -0.4 is 13.9 Å². The van der Waals surface area contributed by atoms with Gasteiger partial charge in [0.15, 0.2) is 16.6 Å². The van der Waals surface area contributed by atoms with Gasteiger partial charge in [-0.3, -0.25) is 0 Å². The molecular formula is C48H76O6Si3. The molecule has 0 saturated carbocycles. The summed E-state index contributed by atoms with van der Waals surface area (Å²) in [6, 6.07) is 22.2. The first-order valence-corrected chi connectivity index (χ1v) is 29.1. The number of hydrogen-bond donors (Lipinski definition) is 0. The van der Waals surface area contributed by atoms with E-state index in [4.69, 9.17) is 22.8 Å². The average molecular weight is 833 g/mol. The van der Waals surface area contributed by atoms with Crippen LogP contribution >= 0.6 is 0 Å². The van der Waals surface area contributed by atoms with E-state index in [-0.39, 0.29) is 16.0 Å². The van der Waals surface area contributed by atoms with Gasteiger partial charge in [0, 0.05) is 25.2 Å². The molecule has 0 unspecified atom stereocenters. The largest absolute Gasteiger partial charge is 0.543 e. The monoisotopic (exact) mass is 832 g/mol. The highest BCUT2D eigenvalue weighted by Crippen LogP contribution is 2.43. The van der Waals surface area contributed by atoms with Crippen molar-refractivity contribution in [3.63, 3.8) is 0 Å². The number of esters is 1. The summed E-state index contributed by atoms with van der Waals surface area (Å²) in [5.41, 5.74) is 5.39. The summed E-state index contributed by atoms with van der Waals surface area (Å²) in [7, 11) is -5.84. The molecule has 3 aromatic rings. The highest BCUT2D eigenvalue weighted by Gasteiger charge is 2.47. The van der Waals surface area contributed by atoms with E-state index in [0.29, 0.717) is 42.2 Å². The van der Waals surface area contributed by atoms with Crippen LogP contribution in [0, 0.1) is 12.8 Å². The normalized spacial score (nSPS) is 13.4. The zero-order valence-electron chi connectivity index (χ0n) is 38.6. The fraction of sp³-hybridized carbons (Fsp3) is 0.562. The molecule has 0 N–H and O–H groups in total. The van der Waals surface area contributed by atoms with Crippen molar-refractivity contribution in [2.75, 3.05) is 19.8 Å². The third-order valence-electron chi connectivity index (χ3n) is 12.6. The summed E-state index contributed by atoms with van der Waals surface area (Å²) in [6.45, 7) is 40.6. The molecule has 6 nitrogen and oxygen atoms in total. The Bertz CT molecular complexity index is 1690. The van der Waals surface area contributed by atoms with E-state index in [1.807, 2.05) is 49.4 Å². The van der Waals surface area contributed by atoms with Gasteiger partial charge in [-0.1, -0.05) is 119 Å². The molecule has 9 heteroatoms. The molecule has 0 fully saturated rings. The maximum atomic E-state index is 12.8. The Morgan fingerprint density at radius 3 is 1.56 bits per heavy atom. The van der Waals surface area contributed by atoms with Gasteiger partial charge in [-0.2, -0.15) is 0 Å².